The van der Waals surface area contributed by atoms with Gasteiger partial charge < -0.3 is 14.7 Å². The number of hydrogen-bond acceptors (Lipinski definition) is 6. The van der Waals surface area contributed by atoms with Gasteiger partial charge in [0.2, 0.25) is 5.88 Å². The third-order valence-electron chi connectivity index (χ3n) is 8.95. The molecule has 1 aliphatic carbocycles. The highest BCUT2D eigenvalue weighted by molar-refractivity contribution is 5.92. The van der Waals surface area contributed by atoms with Crippen molar-refractivity contribution in [2.75, 3.05) is 18.0 Å². The summed E-state index contributed by atoms with van der Waals surface area (Å²) in [4.78, 5) is 19.8. The molecule has 2 atom stereocenters. The third kappa shape index (κ3) is 5.95. The number of alkyl halides is 3. The van der Waals surface area contributed by atoms with Crippen molar-refractivity contribution in [1.82, 2.24) is 14.8 Å². The van der Waals surface area contributed by atoms with E-state index in [1.807, 2.05) is 86.6 Å². The summed E-state index contributed by atoms with van der Waals surface area (Å²) < 4.78 is 52.0. The summed E-state index contributed by atoms with van der Waals surface area (Å²) in [5.41, 5.74) is 0.451. The molecule has 2 unspecified atom stereocenters. The second kappa shape index (κ2) is 12.0. The van der Waals surface area contributed by atoms with E-state index in [1.54, 1.807) is 10.9 Å². The summed E-state index contributed by atoms with van der Waals surface area (Å²) in [6.45, 7) is 6.03. The molecule has 1 saturated heterocycles. The number of fused-ring (bicyclic) bond motifs is 1. The zero-order chi connectivity index (χ0) is 31.9. The lowest BCUT2D eigenvalue weighted by atomic mass is 9.71. The van der Waals surface area contributed by atoms with Gasteiger partial charge in [-0.1, -0.05) is 60.7 Å². The van der Waals surface area contributed by atoms with Crippen molar-refractivity contribution >= 4 is 11.5 Å². The van der Waals surface area contributed by atoms with Crippen molar-refractivity contribution in [1.29, 1.82) is 0 Å². The van der Waals surface area contributed by atoms with Gasteiger partial charge in [-0.15, -0.1) is 0 Å². The summed E-state index contributed by atoms with van der Waals surface area (Å²) in [6, 6.07) is 22.1. The van der Waals surface area contributed by atoms with Crippen LogP contribution in [-0.4, -0.2) is 56.6 Å². The van der Waals surface area contributed by atoms with Crippen molar-refractivity contribution in [3.63, 3.8) is 0 Å². The summed E-state index contributed by atoms with van der Waals surface area (Å²) in [5, 5.41) is 16.1. The highest BCUT2D eigenvalue weighted by Gasteiger charge is 2.60. The Hall–Kier alpha value is -4.18. The van der Waals surface area contributed by atoms with Crippen molar-refractivity contribution in [3.05, 3.63) is 107 Å². The van der Waals surface area contributed by atoms with Crippen LogP contribution in [0.2, 0.25) is 0 Å². The number of aliphatic hydroxyl groups is 1. The number of hydrogen-bond donors (Lipinski definition) is 1. The Labute approximate surface area is 260 Å². The Kier molecular flexibility index (Phi) is 8.20. The number of carbonyl (C=O) groups excluding carboxylic acids is 1. The number of benzene rings is 2. The normalized spacial score (nSPS) is 21.0. The molecule has 1 fully saturated rings. The van der Waals surface area contributed by atoms with E-state index in [2.05, 4.69) is 9.88 Å². The Morgan fingerprint density at radius 2 is 1.56 bits per heavy atom. The minimum Gasteiger partial charge on any atom is -0.475 e. The van der Waals surface area contributed by atoms with Crippen LogP contribution in [0.4, 0.5) is 18.9 Å². The van der Waals surface area contributed by atoms with Gasteiger partial charge in [0.05, 0.1) is 35.8 Å². The van der Waals surface area contributed by atoms with Crippen LogP contribution < -0.4 is 9.64 Å². The number of piperidine rings is 1. The molecule has 0 saturated carbocycles. The molecule has 236 valence electrons. The fourth-order valence-corrected chi connectivity index (χ4v) is 6.79. The molecule has 0 amide bonds. The number of carbonyl (C=O) groups is 1. The molecule has 2 aromatic carbocycles. The first-order valence-electron chi connectivity index (χ1n) is 15.4. The number of Topliss-reactive ketones (excluding diaryl/α,β-unsaturated/α-hetero) is 1. The van der Waals surface area contributed by atoms with Crippen LogP contribution in [-0.2, 0) is 11.2 Å². The topological polar surface area (TPSA) is 80.5 Å². The average molecular weight is 619 g/mol. The minimum absolute atomic E-state index is 0.00445. The number of ether oxygens (including phenoxy) is 1. The van der Waals surface area contributed by atoms with Gasteiger partial charge in [0.1, 0.15) is 17.6 Å². The van der Waals surface area contributed by atoms with Gasteiger partial charge in [-0.05, 0) is 50.8 Å². The quantitative estimate of drug-likeness (QED) is 0.251. The fraction of sp³-hybridized carbons (Fsp3) is 0.400. The summed E-state index contributed by atoms with van der Waals surface area (Å²) in [5.74, 6) is -3.01. The second-order valence-electron chi connectivity index (χ2n) is 12.4. The maximum Gasteiger partial charge on any atom is 0.399 e. The van der Waals surface area contributed by atoms with Crippen molar-refractivity contribution in [2.24, 2.45) is 0 Å². The van der Waals surface area contributed by atoms with Crippen LogP contribution in [0.5, 0.6) is 5.88 Å². The largest absolute Gasteiger partial charge is 0.475 e. The van der Waals surface area contributed by atoms with Gasteiger partial charge in [-0.25, -0.2) is 4.98 Å². The highest BCUT2D eigenvalue weighted by atomic mass is 19.4. The maximum absolute atomic E-state index is 14.9. The maximum atomic E-state index is 14.9. The Balaban J connectivity index is 1.42. The molecule has 7 nitrogen and oxygen atoms in total. The molecule has 45 heavy (non-hydrogen) atoms. The van der Waals surface area contributed by atoms with Gasteiger partial charge >= 0.3 is 6.18 Å². The van der Waals surface area contributed by atoms with Crippen molar-refractivity contribution < 1.29 is 27.8 Å². The van der Waals surface area contributed by atoms with E-state index < -0.39 is 29.5 Å². The molecule has 0 bridgehead atoms. The average Bonchev–Trinajstić information content (AvgIpc) is 3.35. The van der Waals surface area contributed by atoms with E-state index in [4.69, 9.17) is 9.84 Å². The lowest BCUT2D eigenvalue weighted by Gasteiger charge is -2.39. The van der Waals surface area contributed by atoms with E-state index in [1.165, 1.54) is 0 Å². The molecular weight excluding hydrogens is 581 g/mol. The molecule has 10 heteroatoms. The number of rotatable bonds is 7. The molecule has 2 aromatic heterocycles. The Morgan fingerprint density at radius 1 is 0.956 bits per heavy atom. The molecule has 6 rings (SSSR count). The zero-order valence-electron chi connectivity index (χ0n) is 25.5. The Morgan fingerprint density at radius 3 is 2.07 bits per heavy atom. The van der Waals surface area contributed by atoms with E-state index in [9.17, 15) is 23.1 Å². The van der Waals surface area contributed by atoms with Crippen LogP contribution in [0.25, 0.3) is 0 Å². The molecule has 0 spiro atoms. The molecule has 4 aromatic rings. The number of ketones is 1. The highest BCUT2D eigenvalue weighted by Crippen LogP contribution is 2.51. The molecule has 2 aliphatic rings. The lowest BCUT2D eigenvalue weighted by molar-refractivity contribution is -0.198. The van der Waals surface area contributed by atoms with Crippen LogP contribution in [0.15, 0.2) is 79.0 Å². The Bertz CT molecular complexity index is 1590. The summed E-state index contributed by atoms with van der Waals surface area (Å²) in [7, 11) is 0. The number of anilines is 1. The first kappa shape index (κ1) is 30.8. The monoisotopic (exact) mass is 618 g/mol. The second-order valence-corrected chi connectivity index (χ2v) is 12.4. The number of halogens is 3. The number of aromatic nitrogens is 3. The molecule has 0 radical (unpaired) electrons. The molecule has 1 aliphatic heterocycles. The van der Waals surface area contributed by atoms with Gasteiger partial charge in [-0.2, -0.15) is 18.3 Å². The van der Waals surface area contributed by atoms with Gasteiger partial charge in [0.15, 0.2) is 5.78 Å². The van der Waals surface area contributed by atoms with E-state index in [0.29, 0.717) is 37.5 Å². The molecular formula is C35H37F3N4O3. The van der Waals surface area contributed by atoms with Crippen LogP contribution in [0, 0.1) is 0 Å². The van der Waals surface area contributed by atoms with Gasteiger partial charge in [0.25, 0.3) is 0 Å². The minimum atomic E-state index is -4.86. The van der Waals surface area contributed by atoms with Crippen molar-refractivity contribution in [2.45, 2.75) is 75.8 Å². The van der Waals surface area contributed by atoms with E-state index in [0.717, 1.165) is 23.7 Å². The first-order valence-corrected chi connectivity index (χ1v) is 15.4. The van der Waals surface area contributed by atoms with Crippen LogP contribution >= 0.6 is 0 Å². The standard InChI is InChI=1S/C35H37F3N4O3/c1-22(2)45-29-15-14-26(21-39-29)41-18-16-23(17-19-41)31-30-27(20-28(43)34(3,44)33(30)35(36,37)38)42(40-31)32(24-10-6-4-7-11-24)25-12-8-5-9-13-25/h4-15,21-23,32-33,44H,16-20H2,1-3H3. The number of pyridine rings is 1. The predicted molar refractivity (Wildman–Crippen MR) is 165 cm³/mol. The van der Waals surface area contributed by atoms with Gasteiger partial charge in [-0.3, -0.25) is 9.48 Å². The molecule has 3 heterocycles. The first-order chi connectivity index (χ1) is 21.4. The zero-order valence-corrected chi connectivity index (χ0v) is 25.5. The summed E-state index contributed by atoms with van der Waals surface area (Å²) >= 11 is 0. The SMILES string of the molecule is CC(C)Oc1ccc(N2CCC(c3nn(C(c4ccccc4)c4ccccc4)c4c3C(C(F)(F)F)C(C)(O)C(=O)C4)CC2)cn1. The molecule has 1 N–H and O–H groups in total. The van der Waals surface area contributed by atoms with Crippen LogP contribution in [0.1, 0.15) is 79.6 Å². The summed E-state index contributed by atoms with van der Waals surface area (Å²) in [6.07, 6.45) is -2.34. The van der Waals surface area contributed by atoms with E-state index >= 15 is 0 Å². The van der Waals surface area contributed by atoms with E-state index in [-0.39, 0.29) is 29.7 Å². The third-order valence-corrected chi connectivity index (χ3v) is 8.95. The predicted octanol–water partition coefficient (Wildman–Crippen LogP) is 6.61. The van der Waals surface area contributed by atoms with Gasteiger partial charge in [0, 0.05) is 30.6 Å². The number of nitrogens with zero attached hydrogens (tertiary/aromatic N) is 4. The van der Waals surface area contributed by atoms with Crippen molar-refractivity contribution in [3.8, 4) is 5.88 Å². The smallest absolute Gasteiger partial charge is 0.399 e. The lowest BCUT2D eigenvalue weighted by Crippen LogP contribution is -2.52. The fourth-order valence-electron chi connectivity index (χ4n) is 6.79. The van der Waals surface area contributed by atoms with Crippen LogP contribution in [0.3, 0.4) is 0 Å².